The highest BCUT2D eigenvalue weighted by molar-refractivity contribution is 5.82. The fourth-order valence-electron chi connectivity index (χ4n) is 3.39. The van der Waals surface area contributed by atoms with Crippen LogP contribution >= 0.6 is 0 Å². The number of rotatable bonds is 7. The predicted octanol–water partition coefficient (Wildman–Crippen LogP) is 2.87. The van der Waals surface area contributed by atoms with Crippen molar-refractivity contribution in [3.8, 4) is 0 Å². The Labute approximate surface area is 147 Å². The number of amides is 1. The van der Waals surface area contributed by atoms with Crippen LogP contribution in [0.15, 0.2) is 30.3 Å². The standard InChI is InChI=1S/C20H33N3O/c1-15(2)19(21)20(24)23(16(3)4)14-18-11-8-12-22(18)13-17-9-6-5-7-10-17/h5-7,9-10,15-16,18-19H,8,11-14,21H2,1-4H3/t18-,19-/m0/s1. The number of hydrogen-bond donors (Lipinski definition) is 1. The van der Waals surface area contributed by atoms with E-state index < -0.39 is 6.04 Å². The second-order valence-electron chi connectivity index (χ2n) is 7.61. The number of nitrogens with zero attached hydrogens (tertiary/aromatic N) is 2. The second-order valence-corrected chi connectivity index (χ2v) is 7.61. The molecule has 4 heteroatoms. The Balaban J connectivity index is 2.03. The van der Waals surface area contributed by atoms with Gasteiger partial charge in [-0.2, -0.15) is 0 Å². The maximum Gasteiger partial charge on any atom is 0.240 e. The molecular weight excluding hydrogens is 298 g/mol. The summed E-state index contributed by atoms with van der Waals surface area (Å²) in [5.74, 6) is 0.259. The molecule has 1 aromatic rings. The molecule has 2 atom stereocenters. The summed E-state index contributed by atoms with van der Waals surface area (Å²) < 4.78 is 0. The first kappa shape index (κ1) is 18.9. The van der Waals surface area contributed by atoms with Crippen LogP contribution in [0.2, 0.25) is 0 Å². The van der Waals surface area contributed by atoms with Gasteiger partial charge in [-0.3, -0.25) is 9.69 Å². The van der Waals surface area contributed by atoms with Crippen LogP contribution < -0.4 is 5.73 Å². The normalized spacial score (nSPS) is 19.9. The lowest BCUT2D eigenvalue weighted by Crippen LogP contribution is -2.53. The van der Waals surface area contributed by atoms with E-state index >= 15 is 0 Å². The van der Waals surface area contributed by atoms with Gasteiger partial charge in [0, 0.05) is 25.2 Å². The third-order valence-electron chi connectivity index (χ3n) is 5.04. The molecule has 4 nitrogen and oxygen atoms in total. The van der Waals surface area contributed by atoms with Crippen LogP contribution in [0.1, 0.15) is 46.1 Å². The van der Waals surface area contributed by atoms with E-state index in [9.17, 15) is 4.79 Å². The summed E-state index contributed by atoms with van der Waals surface area (Å²) in [7, 11) is 0. The van der Waals surface area contributed by atoms with E-state index in [1.54, 1.807) is 0 Å². The minimum atomic E-state index is -0.406. The van der Waals surface area contributed by atoms with Crippen molar-refractivity contribution in [3.05, 3.63) is 35.9 Å². The summed E-state index contributed by atoms with van der Waals surface area (Å²) in [6.07, 6.45) is 2.36. The fraction of sp³-hybridized carbons (Fsp3) is 0.650. The summed E-state index contributed by atoms with van der Waals surface area (Å²) in [6, 6.07) is 10.8. The van der Waals surface area contributed by atoms with Gasteiger partial charge < -0.3 is 10.6 Å². The molecule has 0 saturated carbocycles. The molecule has 0 radical (unpaired) electrons. The maximum atomic E-state index is 12.8. The lowest BCUT2D eigenvalue weighted by Gasteiger charge is -2.35. The lowest BCUT2D eigenvalue weighted by atomic mass is 10.0. The highest BCUT2D eigenvalue weighted by Gasteiger charge is 2.31. The molecule has 0 unspecified atom stereocenters. The van der Waals surface area contributed by atoms with Gasteiger partial charge in [-0.25, -0.2) is 0 Å². The van der Waals surface area contributed by atoms with Crippen molar-refractivity contribution in [1.82, 2.24) is 9.80 Å². The highest BCUT2D eigenvalue weighted by Crippen LogP contribution is 2.22. The topological polar surface area (TPSA) is 49.6 Å². The Morgan fingerprint density at radius 3 is 2.50 bits per heavy atom. The monoisotopic (exact) mass is 331 g/mol. The second kappa shape index (κ2) is 8.63. The fourth-order valence-corrected chi connectivity index (χ4v) is 3.39. The van der Waals surface area contributed by atoms with Crippen molar-refractivity contribution in [1.29, 1.82) is 0 Å². The summed E-state index contributed by atoms with van der Waals surface area (Å²) in [5.41, 5.74) is 7.46. The van der Waals surface area contributed by atoms with Crippen molar-refractivity contribution in [2.45, 2.75) is 65.2 Å². The largest absolute Gasteiger partial charge is 0.337 e. The zero-order chi connectivity index (χ0) is 17.7. The molecule has 1 aliphatic rings. The molecule has 1 saturated heterocycles. The first-order chi connectivity index (χ1) is 11.4. The van der Waals surface area contributed by atoms with Gasteiger partial charge in [0.2, 0.25) is 5.91 Å². The summed E-state index contributed by atoms with van der Waals surface area (Å²) in [4.78, 5) is 17.3. The van der Waals surface area contributed by atoms with E-state index in [1.807, 2.05) is 18.7 Å². The van der Waals surface area contributed by atoms with Crippen molar-refractivity contribution >= 4 is 5.91 Å². The zero-order valence-electron chi connectivity index (χ0n) is 15.6. The molecule has 2 rings (SSSR count). The summed E-state index contributed by atoms with van der Waals surface area (Å²) in [5, 5.41) is 0. The summed E-state index contributed by atoms with van der Waals surface area (Å²) >= 11 is 0. The Bertz CT molecular complexity index is 515. The highest BCUT2D eigenvalue weighted by atomic mass is 16.2. The smallest absolute Gasteiger partial charge is 0.240 e. The Morgan fingerprint density at radius 2 is 1.92 bits per heavy atom. The minimum absolute atomic E-state index is 0.0894. The third kappa shape index (κ3) is 4.81. The van der Waals surface area contributed by atoms with E-state index in [4.69, 9.17) is 5.73 Å². The van der Waals surface area contributed by atoms with Crippen LogP contribution in [-0.2, 0) is 11.3 Å². The van der Waals surface area contributed by atoms with Crippen molar-refractivity contribution in [2.75, 3.05) is 13.1 Å². The van der Waals surface area contributed by atoms with Gasteiger partial charge in [-0.05, 0) is 44.7 Å². The van der Waals surface area contributed by atoms with E-state index in [-0.39, 0.29) is 17.9 Å². The van der Waals surface area contributed by atoms with Gasteiger partial charge >= 0.3 is 0 Å². The molecule has 2 N–H and O–H groups in total. The molecule has 0 aliphatic carbocycles. The number of nitrogens with two attached hydrogens (primary N) is 1. The van der Waals surface area contributed by atoms with Gasteiger partial charge in [0.05, 0.1) is 6.04 Å². The quantitative estimate of drug-likeness (QED) is 0.836. The van der Waals surface area contributed by atoms with Crippen LogP contribution in [0, 0.1) is 5.92 Å². The molecule has 1 fully saturated rings. The number of carbonyl (C=O) groups excluding carboxylic acids is 1. The lowest BCUT2D eigenvalue weighted by molar-refractivity contribution is -0.136. The zero-order valence-corrected chi connectivity index (χ0v) is 15.6. The predicted molar refractivity (Wildman–Crippen MR) is 99.5 cm³/mol. The molecule has 24 heavy (non-hydrogen) atoms. The van der Waals surface area contributed by atoms with Crippen LogP contribution in [-0.4, -0.2) is 46.9 Å². The molecule has 0 aromatic heterocycles. The van der Waals surface area contributed by atoms with Gasteiger partial charge in [0.15, 0.2) is 0 Å². The molecule has 0 spiro atoms. The van der Waals surface area contributed by atoms with Crippen LogP contribution in [0.5, 0.6) is 0 Å². The molecular formula is C20H33N3O. The average Bonchev–Trinajstić information content (AvgIpc) is 2.98. The molecule has 1 aliphatic heterocycles. The number of hydrogen-bond acceptors (Lipinski definition) is 3. The van der Waals surface area contributed by atoms with Gasteiger partial charge in [0.25, 0.3) is 0 Å². The van der Waals surface area contributed by atoms with Gasteiger partial charge in [-0.1, -0.05) is 44.2 Å². The molecule has 1 heterocycles. The number of benzene rings is 1. The van der Waals surface area contributed by atoms with Gasteiger partial charge in [-0.15, -0.1) is 0 Å². The van der Waals surface area contributed by atoms with Crippen LogP contribution in [0.25, 0.3) is 0 Å². The SMILES string of the molecule is CC(C)[C@H](N)C(=O)N(C[C@@H]1CCCN1Cc1ccccc1)C(C)C. The van der Waals surface area contributed by atoms with Gasteiger partial charge in [0.1, 0.15) is 0 Å². The first-order valence-electron chi connectivity index (χ1n) is 9.24. The Hall–Kier alpha value is -1.39. The van der Waals surface area contributed by atoms with E-state index in [1.165, 1.54) is 12.0 Å². The Kier molecular flexibility index (Phi) is 6.81. The molecule has 0 bridgehead atoms. The number of carbonyl (C=O) groups is 1. The van der Waals surface area contributed by atoms with E-state index in [0.29, 0.717) is 6.04 Å². The van der Waals surface area contributed by atoms with Crippen molar-refractivity contribution in [2.24, 2.45) is 11.7 Å². The van der Waals surface area contributed by atoms with E-state index in [0.717, 1.165) is 26.1 Å². The third-order valence-corrected chi connectivity index (χ3v) is 5.04. The molecule has 134 valence electrons. The number of likely N-dealkylation sites (tertiary alicyclic amines) is 1. The van der Waals surface area contributed by atoms with Crippen LogP contribution in [0.4, 0.5) is 0 Å². The van der Waals surface area contributed by atoms with Crippen molar-refractivity contribution < 1.29 is 4.79 Å². The average molecular weight is 332 g/mol. The molecule has 1 amide bonds. The summed E-state index contributed by atoms with van der Waals surface area (Å²) in [6.45, 7) is 11.0. The Morgan fingerprint density at radius 1 is 1.25 bits per heavy atom. The maximum absolute atomic E-state index is 12.8. The van der Waals surface area contributed by atoms with E-state index in [2.05, 4.69) is 49.1 Å². The minimum Gasteiger partial charge on any atom is -0.337 e. The first-order valence-corrected chi connectivity index (χ1v) is 9.24. The molecule has 1 aromatic carbocycles. The van der Waals surface area contributed by atoms with Crippen molar-refractivity contribution in [3.63, 3.8) is 0 Å². The van der Waals surface area contributed by atoms with Crippen LogP contribution in [0.3, 0.4) is 0 Å².